The van der Waals surface area contributed by atoms with E-state index in [1.165, 1.54) is 22.8 Å². The third-order valence-electron chi connectivity index (χ3n) is 6.30. The molecule has 0 saturated heterocycles. The molecule has 0 saturated carbocycles. The first kappa shape index (κ1) is 28.0. The molecule has 0 spiro atoms. The SMILES string of the molecule is CNC(=O)c1ccc(-n2c(NC(C)C)nc3c(c2=O)C[C@@H](C)N(C(=O)c2ccc(OC(F)F)c(Cl)c2)C3)cc1. The van der Waals surface area contributed by atoms with Gasteiger partial charge in [-0.15, -0.1) is 0 Å². The number of aromatic nitrogens is 2. The number of amides is 2. The molecule has 0 radical (unpaired) electrons. The van der Waals surface area contributed by atoms with Gasteiger partial charge in [0, 0.05) is 35.8 Å². The first-order valence-electron chi connectivity index (χ1n) is 12.3. The lowest BCUT2D eigenvalue weighted by molar-refractivity contribution is -0.0497. The van der Waals surface area contributed by atoms with Gasteiger partial charge in [0.1, 0.15) is 5.75 Å². The number of hydrogen-bond acceptors (Lipinski definition) is 6. The molecule has 1 aromatic heterocycles. The standard InChI is InChI=1S/C27H28ClF2N5O4/c1-14(2)32-27-33-21-13-34(24(37)17-7-10-22(20(28)12-17)39-26(29)30)15(3)11-19(21)25(38)35(27)18-8-5-16(6-9-18)23(36)31-4/h5-10,12,14-15,26H,11,13H2,1-4H3,(H,31,36)(H,32,33)/t15-/m1/s1. The van der Waals surface area contributed by atoms with E-state index in [-0.39, 0.29) is 58.8 Å². The van der Waals surface area contributed by atoms with Crippen molar-refractivity contribution in [1.82, 2.24) is 19.8 Å². The van der Waals surface area contributed by atoms with Gasteiger partial charge in [0.15, 0.2) is 0 Å². The smallest absolute Gasteiger partial charge is 0.387 e. The summed E-state index contributed by atoms with van der Waals surface area (Å²) >= 11 is 6.06. The molecular formula is C27H28ClF2N5O4. The number of nitrogens with one attached hydrogen (secondary N) is 2. The van der Waals surface area contributed by atoms with Gasteiger partial charge in [-0.2, -0.15) is 8.78 Å². The maximum absolute atomic E-state index is 13.8. The lowest BCUT2D eigenvalue weighted by Gasteiger charge is -2.35. The number of nitrogens with zero attached hydrogens (tertiary/aromatic N) is 3. The number of anilines is 1. The maximum atomic E-state index is 13.8. The fraction of sp³-hybridized carbons (Fsp3) is 0.333. The monoisotopic (exact) mass is 559 g/mol. The number of halogens is 3. The molecule has 1 atom stereocenters. The minimum absolute atomic E-state index is 0.0530. The van der Waals surface area contributed by atoms with E-state index in [1.54, 1.807) is 36.2 Å². The second-order valence-corrected chi connectivity index (χ2v) is 9.84. The number of carbonyl (C=O) groups excluding carboxylic acids is 2. The van der Waals surface area contributed by atoms with E-state index < -0.39 is 6.61 Å². The van der Waals surface area contributed by atoms with Crippen LogP contribution in [-0.4, -0.2) is 52.0 Å². The van der Waals surface area contributed by atoms with Gasteiger partial charge in [0.2, 0.25) is 5.95 Å². The maximum Gasteiger partial charge on any atom is 0.387 e. The minimum atomic E-state index is -3.04. The van der Waals surface area contributed by atoms with E-state index in [1.807, 2.05) is 20.8 Å². The van der Waals surface area contributed by atoms with E-state index in [9.17, 15) is 23.2 Å². The van der Waals surface area contributed by atoms with Gasteiger partial charge >= 0.3 is 6.61 Å². The van der Waals surface area contributed by atoms with Gasteiger partial charge in [-0.3, -0.25) is 14.4 Å². The lowest BCUT2D eigenvalue weighted by atomic mass is 9.98. The predicted molar refractivity (Wildman–Crippen MR) is 143 cm³/mol. The average Bonchev–Trinajstić information content (AvgIpc) is 2.89. The Labute approximate surface area is 228 Å². The van der Waals surface area contributed by atoms with Crippen LogP contribution in [0.3, 0.4) is 0 Å². The van der Waals surface area contributed by atoms with Crippen molar-refractivity contribution in [2.75, 3.05) is 12.4 Å². The quantitative estimate of drug-likeness (QED) is 0.448. The molecule has 2 heterocycles. The van der Waals surface area contributed by atoms with Crippen molar-refractivity contribution < 1.29 is 23.1 Å². The molecule has 2 aromatic carbocycles. The molecular weight excluding hydrogens is 532 g/mol. The summed E-state index contributed by atoms with van der Waals surface area (Å²) in [6, 6.07) is 10.1. The van der Waals surface area contributed by atoms with Gasteiger partial charge in [-0.1, -0.05) is 11.6 Å². The molecule has 0 fully saturated rings. The largest absolute Gasteiger partial charge is 0.433 e. The van der Waals surface area contributed by atoms with E-state index in [0.29, 0.717) is 28.5 Å². The summed E-state index contributed by atoms with van der Waals surface area (Å²) in [6.07, 6.45) is 0.255. The third kappa shape index (κ3) is 5.88. The molecule has 9 nitrogen and oxygen atoms in total. The van der Waals surface area contributed by atoms with Crippen LogP contribution in [0.15, 0.2) is 47.3 Å². The summed E-state index contributed by atoms with van der Waals surface area (Å²) in [7, 11) is 1.54. The predicted octanol–water partition coefficient (Wildman–Crippen LogP) is 4.25. The lowest BCUT2D eigenvalue weighted by Crippen LogP contribution is -2.46. The van der Waals surface area contributed by atoms with Gasteiger partial charge in [0.05, 0.1) is 22.9 Å². The van der Waals surface area contributed by atoms with Crippen molar-refractivity contribution in [1.29, 1.82) is 0 Å². The summed E-state index contributed by atoms with van der Waals surface area (Å²) < 4.78 is 31.0. The van der Waals surface area contributed by atoms with Crippen molar-refractivity contribution in [3.05, 3.63) is 80.2 Å². The molecule has 0 bridgehead atoms. The van der Waals surface area contributed by atoms with Crippen LogP contribution in [0.25, 0.3) is 5.69 Å². The number of carbonyl (C=O) groups is 2. The molecule has 1 aliphatic heterocycles. The van der Waals surface area contributed by atoms with E-state index in [2.05, 4.69) is 15.4 Å². The van der Waals surface area contributed by atoms with Gasteiger partial charge in [0.25, 0.3) is 17.4 Å². The number of ether oxygens (including phenoxy) is 1. The Bertz CT molecular complexity index is 1460. The van der Waals surface area contributed by atoms with Crippen LogP contribution >= 0.6 is 11.6 Å². The van der Waals surface area contributed by atoms with Gasteiger partial charge in [-0.05, 0) is 69.7 Å². The van der Waals surface area contributed by atoms with Gasteiger partial charge in [-0.25, -0.2) is 9.55 Å². The van der Waals surface area contributed by atoms with Crippen LogP contribution < -0.4 is 20.9 Å². The van der Waals surface area contributed by atoms with Crippen LogP contribution in [0, 0.1) is 0 Å². The van der Waals surface area contributed by atoms with Crippen LogP contribution in [0.5, 0.6) is 5.75 Å². The summed E-state index contributed by atoms with van der Waals surface area (Å²) in [6.45, 7) is 2.67. The molecule has 1 aliphatic rings. The molecule has 2 N–H and O–H groups in total. The molecule has 206 valence electrons. The molecule has 39 heavy (non-hydrogen) atoms. The molecule has 4 rings (SSSR count). The van der Waals surface area contributed by atoms with Crippen LogP contribution in [0.4, 0.5) is 14.7 Å². The van der Waals surface area contributed by atoms with Crippen molar-refractivity contribution in [3.8, 4) is 11.4 Å². The fourth-order valence-corrected chi connectivity index (χ4v) is 4.65. The molecule has 12 heteroatoms. The van der Waals surface area contributed by atoms with Crippen molar-refractivity contribution in [3.63, 3.8) is 0 Å². The highest BCUT2D eigenvalue weighted by molar-refractivity contribution is 6.32. The van der Waals surface area contributed by atoms with E-state index in [0.717, 1.165) is 0 Å². The zero-order valence-corrected chi connectivity index (χ0v) is 22.6. The number of alkyl halides is 2. The summed E-state index contributed by atoms with van der Waals surface area (Å²) in [5, 5.41) is 5.66. The Balaban J connectivity index is 1.70. The van der Waals surface area contributed by atoms with Crippen molar-refractivity contribution in [2.24, 2.45) is 0 Å². The Morgan fingerprint density at radius 3 is 2.38 bits per heavy atom. The molecule has 3 aromatic rings. The molecule has 0 unspecified atom stereocenters. The minimum Gasteiger partial charge on any atom is -0.433 e. The molecule has 2 amide bonds. The van der Waals surface area contributed by atoms with Crippen molar-refractivity contribution >= 4 is 29.4 Å². The Hall–Kier alpha value is -3.99. The third-order valence-corrected chi connectivity index (χ3v) is 6.60. The first-order valence-corrected chi connectivity index (χ1v) is 12.7. The fourth-order valence-electron chi connectivity index (χ4n) is 4.42. The summed E-state index contributed by atoms with van der Waals surface area (Å²) in [5.74, 6) is -0.544. The Morgan fingerprint density at radius 2 is 1.79 bits per heavy atom. The zero-order chi connectivity index (χ0) is 28.4. The number of benzene rings is 2. The van der Waals surface area contributed by atoms with Crippen LogP contribution in [0.1, 0.15) is 52.7 Å². The number of hydrogen-bond donors (Lipinski definition) is 2. The second-order valence-electron chi connectivity index (χ2n) is 9.44. The van der Waals surface area contributed by atoms with Crippen LogP contribution in [-0.2, 0) is 13.0 Å². The first-order chi connectivity index (χ1) is 18.5. The van der Waals surface area contributed by atoms with Gasteiger partial charge < -0.3 is 20.3 Å². The van der Waals surface area contributed by atoms with E-state index in [4.69, 9.17) is 16.6 Å². The number of rotatable bonds is 7. The van der Waals surface area contributed by atoms with Crippen molar-refractivity contribution in [2.45, 2.75) is 52.4 Å². The van der Waals surface area contributed by atoms with E-state index >= 15 is 0 Å². The normalized spacial score (nSPS) is 14.8. The summed E-state index contributed by atoms with van der Waals surface area (Å²) in [4.78, 5) is 45.4. The highest BCUT2D eigenvalue weighted by atomic mass is 35.5. The Kier molecular flexibility index (Phi) is 8.19. The highest BCUT2D eigenvalue weighted by Gasteiger charge is 2.32. The average molecular weight is 560 g/mol. The topological polar surface area (TPSA) is 106 Å². The summed E-state index contributed by atoms with van der Waals surface area (Å²) in [5.41, 5.74) is 1.85. The molecule has 0 aliphatic carbocycles. The highest BCUT2D eigenvalue weighted by Crippen LogP contribution is 2.29. The Morgan fingerprint density at radius 1 is 1.13 bits per heavy atom. The number of fused-ring (bicyclic) bond motifs is 1. The second kappa shape index (κ2) is 11.4. The zero-order valence-electron chi connectivity index (χ0n) is 21.8. The van der Waals surface area contributed by atoms with Crippen LogP contribution in [0.2, 0.25) is 5.02 Å².